The summed E-state index contributed by atoms with van der Waals surface area (Å²) in [6, 6.07) is 6.83. The zero-order valence-electron chi connectivity index (χ0n) is 10.7. The molecule has 2 aliphatic rings. The Morgan fingerprint density at radius 2 is 2.06 bits per heavy atom. The molecule has 2 atom stereocenters. The van der Waals surface area contributed by atoms with Crippen LogP contribution in [0.2, 0.25) is 0 Å². The Labute approximate surface area is 108 Å². The van der Waals surface area contributed by atoms with Gasteiger partial charge in [-0.1, -0.05) is 12.8 Å². The number of hydrogen-bond donors (Lipinski definition) is 0. The highest BCUT2D eigenvalue weighted by Crippen LogP contribution is 2.37. The minimum atomic E-state index is 0.533. The SMILES string of the molecule is N#Cc1cc(N2CCCC3CCCCC32)ccn1. The summed E-state index contributed by atoms with van der Waals surface area (Å²) in [6.45, 7) is 1.13. The number of hydrogen-bond acceptors (Lipinski definition) is 3. The Morgan fingerprint density at radius 3 is 2.94 bits per heavy atom. The van der Waals surface area contributed by atoms with Crippen molar-refractivity contribution in [2.24, 2.45) is 5.92 Å². The zero-order valence-corrected chi connectivity index (χ0v) is 10.7. The standard InChI is InChI=1S/C15H19N3/c16-11-13-10-14(7-8-17-13)18-9-3-5-12-4-1-2-6-15(12)18/h7-8,10,12,15H,1-6,9H2. The molecule has 2 unspecified atom stereocenters. The zero-order chi connectivity index (χ0) is 12.4. The molecule has 0 bridgehead atoms. The number of pyridine rings is 1. The van der Waals surface area contributed by atoms with Crippen LogP contribution in [-0.2, 0) is 0 Å². The summed E-state index contributed by atoms with van der Waals surface area (Å²) in [5.74, 6) is 0.867. The fourth-order valence-corrected chi connectivity index (χ4v) is 3.60. The molecule has 2 heterocycles. The molecule has 3 rings (SSSR count). The maximum Gasteiger partial charge on any atom is 0.142 e. The van der Waals surface area contributed by atoms with E-state index in [1.54, 1.807) is 6.20 Å². The molecule has 2 fully saturated rings. The normalized spacial score (nSPS) is 27.4. The van der Waals surface area contributed by atoms with Gasteiger partial charge in [0.25, 0.3) is 0 Å². The first-order valence-electron chi connectivity index (χ1n) is 7.01. The van der Waals surface area contributed by atoms with Crippen LogP contribution in [0.3, 0.4) is 0 Å². The Bertz CT molecular complexity index is 461. The van der Waals surface area contributed by atoms with Crippen LogP contribution in [0.1, 0.15) is 44.2 Å². The van der Waals surface area contributed by atoms with Crippen molar-refractivity contribution in [2.75, 3.05) is 11.4 Å². The van der Waals surface area contributed by atoms with E-state index < -0.39 is 0 Å². The lowest BCUT2D eigenvalue weighted by molar-refractivity contribution is 0.244. The van der Waals surface area contributed by atoms with Crippen molar-refractivity contribution in [3.05, 3.63) is 24.0 Å². The topological polar surface area (TPSA) is 39.9 Å². The van der Waals surface area contributed by atoms with Gasteiger partial charge in [-0.25, -0.2) is 4.98 Å². The fraction of sp³-hybridized carbons (Fsp3) is 0.600. The molecule has 0 spiro atoms. The van der Waals surface area contributed by atoms with Crippen molar-refractivity contribution in [2.45, 2.75) is 44.6 Å². The third-order valence-corrected chi connectivity index (χ3v) is 4.43. The molecule has 1 aromatic rings. The van der Waals surface area contributed by atoms with E-state index in [0.717, 1.165) is 12.5 Å². The minimum absolute atomic E-state index is 0.533. The number of fused-ring (bicyclic) bond motifs is 1. The molecular formula is C15H19N3. The van der Waals surface area contributed by atoms with Gasteiger partial charge in [0.2, 0.25) is 0 Å². The predicted molar refractivity (Wildman–Crippen MR) is 71.3 cm³/mol. The van der Waals surface area contributed by atoms with Gasteiger partial charge >= 0.3 is 0 Å². The van der Waals surface area contributed by atoms with Gasteiger partial charge in [0.1, 0.15) is 11.8 Å². The largest absolute Gasteiger partial charge is 0.368 e. The van der Waals surface area contributed by atoms with Crippen molar-refractivity contribution < 1.29 is 0 Å². The monoisotopic (exact) mass is 241 g/mol. The van der Waals surface area contributed by atoms with E-state index in [1.165, 1.54) is 44.2 Å². The van der Waals surface area contributed by atoms with Crippen LogP contribution in [0.5, 0.6) is 0 Å². The van der Waals surface area contributed by atoms with Crippen LogP contribution >= 0.6 is 0 Å². The van der Waals surface area contributed by atoms with Gasteiger partial charge in [0, 0.05) is 24.5 Å². The first-order valence-corrected chi connectivity index (χ1v) is 7.01. The van der Waals surface area contributed by atoms with E-state index in [0.29, 0.717) is 11.7 Å². The maximum atomic E-state index is 8.96. The van der Waals surface area contributed by atoms with Crippen LogP contribution in [0, 0.1) is 17.2 Å². The van der Waals surface area contributed by atoms with E-state index in [1.807, 2.05) is 6.07 Å². The number of nitrogens with zero attached hydrogens (tertiary/aromatic N) is 3. The average Bonchev–Trinajstić information content (AvgIpc) is 2.47. The highest BCUT2D eigenvalue weighted by Gasteiger charge is 2.33. The number of piperidine rings is 1. The molecule has 0 amide bonds. The summed E-state index contributed by atoms with van der Waals surface area (Å²) in [7, 11) is 0. The van der Waals surface area contributed by atoms with Gasteiger partial charge in [-0.2, -0.15) is 5.26 Å². The van der Waals surface area contributed by atoms with E-state index in [9.17, 15) is 0 Å². The quantitative estimate of drug-likeness (QED) is 0.758. The molecular weight excluding hydrogens is 222 g/mol. The van der Waals surface area contributed by atoms with Gasteiger partial charge in [0.15, 0.2) is 0 Å². The van der Waals surface area contributed by atoms with Crippen LogP contribution in [0.4, 0.5) is 5.69 Å². The third kappa shape index (κ3) is 2.08. The van der Waals surface area contributed by atoms with Gasteiger partial charge in [-0.15, -0.1) is 0 Å². The molecule has 3 heteroatoms. The Hall–Kier alpha value is -1.56. The molecule has 18 heavy (non-hydrogen) atoms. The second kappa shape index (κ2) is 4.97. The lowest BCUT2D eigenvalue weighted by Crippen LogP contribution is -2.46. The summed E-state index contributed by atoms with van der Waals surface area (Å²) < 4.78 is 0. The lowest BCUT2D eigenvalue weighted by atomic mass is 9.78. The van der Waals surface area contributed by atoms with E-state index >= 15 is 0 Å². The summed E-state index contributed by atoms with van der Waals surface area (Å²) in [6.07, 6.45) is 9.89. The van der Waals surface area contributed by atoms with Crippen molar-refractivity contribution in [3.63, 3.8) is 0 Å². The van der Waals surface area contributed by atoms with Gasteiger partial charge in [-0.3, -0.25) is 0 Å². The Morgan fingerprint density at radius 1 is 1.22 bits per heavy atom. The highest BCUT2D eigenvalue weighted by molar-refractivity contribution is 5.50. The molecule has 1 saturated heterocycles. The molecule has 0 aromatic carbocycles. The van der Waals surface area contributed by atoms with Gasteiger partial charge in [0.05, 0.1) is 0 Å². The van der Waals surface area contributed by atoms with Crippen molar-refractivity contribution in [3.8, 4) is 6.07 Å². The highest BCUT2D eigenvalue weighted by atomic mass is 15.2. The molecule has 3 nitrogen and oxygen atoms in total. The number of aromatic nitrogens is 1. The molecule has 1 aliphatic carbocycles. The summed E-state index contributed by atoms with van der Waals surface area (Å²) in [4.78, 5) is 6.59. The van der Waals surface area contributed by atoms with Crippen LogP contribution < -0.4 is 4.90 Å². The second-order valence-electron chi connectivity index (χ2n) is 5.46. The van der Waals surface area contributed by atoms with E-state index in [2.05, 4.69) is 22.0 Å². The van der Waals surface area contributed by atoms with Crippen molar-refractivity contribution in [1.82, 2.24) is 4.98 Å². The average molecular weight is 241 g/mol. The van der Waals surface area contributed by atoms with Gasteiger partial charge < -0.3 is 4.90 Å². The first kappa shape index (κ1) is 11.5. The summed E-state index contributed by atoms with van der Waals surface area (Å²) in [5.41, 5.74) is 1.73. The maximum absolute atomic E-state index is 8.96. The first-order chi connectivity index (χ1) is 8.88. The lowest BCUT2D eigenvalue weighted by Gasteiger charge is -2.45. The number of rotatable bonds is 1. The van der Waals surface area contributed by atoms with Crippen molar-refractivity contribution in [1.29, 1.82) is 5.26 Å². The second-order valence-corrected chi connectivity index (χ2v) is 5.46. The van der Waals surface area contributed by atoms with Crippen LogP contribution in [0.15, 0.2) is 18.3 Å². The fourth-order valence-electron chi connectivity index (χ4n) is 3.60. The minimum Gasteiger partial charge on any atom is -0.368 e. The molecule has 94 valence electrons. The number of nitriles is 1. The number of anilines is 1. The molecule has 1 aliphatic heterocycles. The van der Waals surface area contributed by atoms with E-state index in [4.69, 9.17) is 5.26 Å². The van der Waals surface area contributed by atoms with Crippen LogP contribution in [0.25, 0.3) is 0 Å². The third-order valence-electron chi connectivity index (χ3n) is 4.43. The molecule has 0 N–H and O–H groups in total. The molecule has 1 saturated carbocycles. The van der Waals surface area contributed by atoms with Crippen LogP contribution in [-0.4, -0.2) is 17.6 Å². The molecule has 0 radical (unpaired) electrons. The van der Waals surface area contributed by atoms with Gasteiger partial charge in [-0.05, 0) is 43.7 Å². The van der Waals surface area contributed by atoms with E-state index in [-0.39, 0.29) is 0 Å². The molecule has 1 aromatic heterocycles. The predicted octanol–water partition coefficient (Wildman–Crippen LogP) is 3.11. The smallest absolute Gasteiger partial charge is 0.142 e. The Kier molecular flexibility index (Phi) is 3.19. The summed E-state index contributed by atoms with van der Waals surface area (Å²) >= 11 is 0. The van der Waals surface area contributed by atoms with Crippen molar-refractivity contribution >= 4 is 5.69 Å². The Balaban J connectivity index is 1.87. The summed E-state index contributed by atoms with van der Waals surface area (Å²) in [5, 5.41) is 8.96.